The van der Waals surface area contributed by atoms with Crippen LogP contribution < -0.4 is 5.43 Å². The van der Waals surface area contributed by atoms with Crippen molar-refractivity contribution >= 4 is 31.7 Å². The van der Waals surface area contributed by atoms with E-state index in [1.807, 2.05) is 0 Å². The summed E-state index contributed by atoms with van der Waals surface area (Å²) in [5.41, 5.74) is 2.90. The van der Waals surface area contributed by atoms with Crippen molar-refractivity contribution in [2.45, 2.75) is 29.7 Å². The molecule has 0 aromatic heterocycles. The van der Waals surface area contributed by atoms with E-state index in [0.29, 0.717) is 5.71 Å². The van der Waals surface area contributed by atoms with Crippen LogP contribution in [0.15, 0.2) is 75.6 Å². The molecule has 0 bridgehead atoms. The second-order valence-corrected chi connectivity index (χ2v) is 11.0. The number of hydrogen-bond donors (Lipinski definition) is 1. The Morgan fingerprint density at radius 1 is 0.871 bits per heavy atom. The fraction of sp³-hybridized carbons (Fsp3) is 0.300. The first-order valence-electron chi connectivity index (χ1n) is 9.57. The highest BCUT2D eigenvalue weighted by Crippen LogP contribution is 2.25. The van der Waals surface area contributed by atoms with Gasteiger partial charge in [-0.1, -0.05) is 36.4 Å². The van der Waals surface area contributed by atoms with E-state index in [4.69, 9.17) is 0 Å². The van der Waals surface area contributed by atoms with Crippen molar-refractivity contribution in [3.8, 4) is 0 Å². The van der Waals surface area contributed by atoms with Gasteiger partial charge in [-0.25, -0.2) is 22.3 Å². The molecule has 0 saturated carbocycles. The van der Waals surface area contributed by atoms with Gasteiger partial charge in [0.05, 0.1) is 9.79 Å². The second kappa shape index (κ2) is 9.27. The molecule has 2 aromatic carbocycles. The normalized spacial score (nSPS) is 18.3. The Hall–Kier alpha value is -2.60. The minimum absolute atomic E-state index is 0.0299. The molecule has 9 nitrogen and oxygen atoms in total. The minimum atomic E-state index is -4.03. The zero-order valence-corrected chi connectivity index (χ0v) is 18.8. The van der Waals surface area contributed by atoms with Gasteiger partial charge in [-0.3, -0.25) is 4.79 Å². The van der Waals surface area contributed by atoms with Crippen LogP contribution in [-0.4, -0.2) is 62.7 Å². The molecular formula is C20H24N4O5S2. The molecule has 0 spiro atoms. The quantitative estimate of drug-likeness (QED) is 0.510. The number of nitrogens with one attached hydrogen (secondary N) is 1. The molecule has 1 aliphatic heterocycles. The summed E-state index contributed by atoms with van der Waals surface area (Å²) in [5.74, 6) is -0.700. The maximum Gasteiger partial charge on any atom is 0.259 e. The molecular weight excluding hydrogens is 440 g/mol. The lowest BCUT2D eigenvalue weighted by Crippen LogP contribution is -2.60. The molecule has 3 rings (SSSR count). The molecule has 1 N–H and O–H groups in total. The zero-order valence-electron chi connectivity index (χ0n) is 17.2. The Balaban J connectivity index is 1.96. The standard InChI is InChI=1S/C20H24N4O5S2/c1-16(2)21-22-20(25)19-15-23(30(26,27)17-9-5-3-6-10-17)13-14-24(19)31(28,29)18-11-7-4-8-12-18/h3-12,19H,13-15H2,1-2H3,(H,22,25)/t19-/m1/s1. The van der Waals surface area contributed by atoms with Gasteiger partial charge in [0.25, 0.3) is 5.91 Å². The number of benzene rings is 2. The van der Waals surface area contributed by atoms with Crippen LogP contribution in [0.2, 0.25) is 0 Å². The molecule has 31 heavy (non-hydrogen) atoms. The van der Waals surface area contributed by atoms with Gasteiger partial charge in [-0.15, -0.1) is 0 Å². The van der Waals surface area contributed by atoms with Crippen LogP contribution in [0.4, 0.5) is 0 Å². The first-order chi connectivity index (χ1) is 14.6. The lowest BCUT2D eigenvalue weighted by molar-refractivity contribution is -0.125. The highest BCUT2D eigenvalue weighted by atomic mass is 32.2. The maximum absolute atomic E-state index is 13.2. The third kappa shape index (κ3) is 5.01. The predicted molar refractivity (Wildman–Crippen MR) is 116 cm³/mol. The number of carbonyl (C=O) groups excluding carboxylic acids is 1. The van der Waals surface area contributed by atoms with E-state index < -0.39 is 32.0 Å². The second-order valence-electron chi connectivity index (χ2n) is 7.16. The van der Waals surface area contributed by atoms with E-state index in [1.165, 1.54) is 24.3 Å². The number of amides is 1. The minimum Gasteiger partial charge on any atom is -0.271 e. The Morgan fingerprint density at radius 3 is 1.90 bits per heavy atom. The molecule has 2 aromatic rings. The van der Waals surface area contributed by atoms with Gasteiger partial charge >= 0.3 is 0 Å². The summed E-state index contributed by atoms with van der Waals surface area (Å²) in [6.45, 7) is 2.77. The summed E-state index contributed by atoms with van der Waals surface area (Å²) >= 11 is 0. The van der Waals surface area contributed by atoms with Crippen molar-refractivity contribution in [3.63, 3.8) is 0 Å². The number of hydrogen-bond acceptors (Lipinski definition) is 6. The summed E-state index contributed by atoms with van der Waals surface area (Å²) in [5, 5.41) is 3.86. The van der Waals surface area contributed by atoms with Crippen molar-refractivity contribution in [2.24, 2.45) is 5.10 Å². The number of hydrazone groups is 1. The molecule has 0 radical (unpaired) electrons. The summed E-state index contributed by atoms with van der Waals surface area (Å²) in [6.07, 6.45) is 0. The summed E-state index contributed by atoms with van der Waals surface area (Å²) in [4.78, 5) is 13.0. The topological polar surface area (TPSA) is 116 Å². The number of carbonyl (C=O) groups is 1. The first-order valence-corrected chi connectivity index (χ1v) is 12.4. The Labute approximate surface area is 182 Å². The van der Waals surface area contributed by atoms with Gasteiger partial charge in [0.1, 0.15) is 6.04 Å². The average Bonchev–Trinajstić information content (AvgIpc) is 2.78. The number of sulfonamides is 2. The average molecular weight is 465 g/mol. The van der Waals surface area contributed by atoms with Gasteiger partial charge in [-0.05, 0) is 38.1 Å². The van der Waals surface area contributed by atoms with E-state index in [-0.39, 0.29) is 29.4 Å². The molecule has 0 aliphatic carbocycles. The number of piperazine rings is 1. The van der Waals surface area contributed by atoms with Crippen molar-refractivity contribution in [1.29, 1.82) is 0 Å². The predicted octanol–water partition coefficient (Wildman–Crippen LogP) is 1.26. The largest absolute Gasteiger partial charge is 0.271 e. The van der Waals surface area contributed by atoms with Crippen LogP contribution in [0.3, 0.4) is 0 Å². The van der Waals surface area contributed by atoms with Crippen molar-refractivity contribution in [3.05, 3.63) is 60.7 Å². The maximum atomic E-state index is 13.2. The molecule has 11 heteroatoms. The highest BCUT2D eigenvalue weighted by molar-refractivity contribution is 7.89. The van der Waals surface area contributed by atoms with Crippen molar-refractivity contribution in [2.75, 3.05) is 19.6 Å². The third-order valence-corrected chi connectivity index (χ3v) is 8.52. The van der Waals surface area contributed by atoms with E-state index in [9.17, 15) is 21.6 Å². The first kappa shape index (κ1) is 23.1. The van der Waals surface area contributed by atoms with Crippen LogP contribution in [0.5, 0.6) is 0 Å². The third-order valence-electron chi connectivity index (χ3n) is 4.72. The van der Waals surface area contributed by atoms with E-state index in [1.54, 1.807) is 50.2 Å². The Kier molecular flexibility index (Phi) is 6.90. The SMILES string of the molecule is CC(C)=NNC(=O)[C@H]1CN(S(=O)(=O)c2ccccc2)CCN1S(=O)(=O)c1ccccc1. The van der Waals surface area contributed by atoms with Crippen LogP contribution in [0.1, 0.15) is 13.8 Å². The number of nitrogens with zero attached hydrogens (tertiary/aromatic N) is 3. The summed E-state index contributed by atoms with van der Waals surface area (Å²) < 4.78 is 54.7. The smallest absolute Gasteiger partial charge is 0.259 e. The lowest BCUT2D eigenvalue weighted by Gasteiger charge is -2.38. The van der Waals surface area contributed by atoms with E-state index in [2.05, 4.69) is 10.5 Å². The monoisotopic (exact) mass is 464 g/mol. The van der Waals surface area contributed by atoms with Gasteiger partial charge in [0.2, 0.25) is 20.0 Å². The molecule has 1 aliphatic rings. The fourth-order valence-electron chi connectivity index (χ4n) is 3.17. The highest BCUT2D eigenvalue weighted by Gasteiger charge is 2.43. The lowest BCUT2D eigenvalue weighted by atomic mass is 10.2. The Bertz CT molecular complexity index is 1160. The van der Waals surface area contributed by atoms with E-state index >= 15 is 0 Å². The van der Waals surface area contributed by atoms with Gasteiger partial charge in [0.15, 0.2) is 0 Å². The van der Waals surface area contributed by atoms with Gasteiger partial charge in [-0.2, -0.15) is 13.7 Å². The summed E-state index contributed by atoms with van der Waals surface area (Å²) in [7, 11) is -7.92. The van der Waals surface area contributed by atoms with E-state index in [0.717, 1.165) is 8.61 Å². The number of rotatable bonds is 6. The molecule has 0 unspecified atom stereocenters. The van der Waals surface area contributed by atoms with Gasteiger partial charge in [0, 0.05) is 25.3 Å². The molecule has 1 heterocycles. The molecule has 1 saturated heterocycles. The zero-order chi connectivity index (χ0) is 22.6. The Morgan fingerprint density at radius 2 is 1.39 bits per heavy atom. The molecule has 1 amide bonds. The van der Waals surface area contributed by atoms with Crippen LogP contribution in [0, 0.1) is 0 Å². The van der Waals surface area contributed by atoms with Crippen molar-refractivity contribution < 1.29 is 21.6 Å². The molecule has 166 valence electrons. The summed E-state index contributed by atoms with van der Waals surface area (Å²) in [6, 6.07) is 14.3. The van der Waals surface area contributed by atoms with Crippen molar-refractivity contribution in [1.82, 2.24) is 14.0 Å². The van der Waals surface area contributed by atoms with Crippen LogP contribution in [0.25, 0.3) is 0 Å². The van der Waals surface area contributed by atoms with Crippen LogP contribution in [-0.2, 0) is 24.8 Å². The van der Waals surface area contributed by atoms with Gasteiger partial charge < -0.3 is 0 Å². The van der Waals surface area contributed by atoms with Crippen LogP contribution >= 0.6 is 0 Å². The molecule has 1 atom stereocenters. The molecule has 1 fully saturated rings. The fourth-order valence-corrected chi connectivity index (χ4v) is 6.22.